The molecule has 2 aromatic carbocycles. The Morgan fingerprint density at radius 3 is 2.57 bits per heavy atom. The van der Waals surface area contributed by atoms with Crippen LogP contribution in [0.4, 0.5) is 20.2 Å². The van der Waals surface area contributed by atoms with Gasteiger partial charge in [0.25, 0.3) is 11.6 Å². The molecule has 1 amide bonds. The SMILES string of the molecule is O=C(Nc1ccc(Cl)cc1[N+](=O)[O-])c1cc(-c2ccc(OC(F)F)cc2)n[nH]1. The maximum atomic E-state index is 12.4. The number of amides is 1. The number of hydrogen-bond acceptors (Lipinski definition) is 5. The average molecular weight is 409 g/mol. The van der Waals surface area contributed by atoms with Crippen LogP contribution in [0.2, 0.25) is 5.02 Å². The van der Waals surface area contributed by atoms with E-state index >= 15 is 0 Å². The number of nitrogens with one attached hydrogen (secondary N) is 2. The number of rotatable bonds is 6. The molecule has 2 N–H and O–H groups in total. The molecule has 28 heavy (non-hydrogen) atoms. The van der Waals surface area contributed by atoms with Gasteiger partial charge in [-0.05, 0) is 42.5 Å². The highest BCUT2D eigenvalue weighted by atomic mass is 35.5. The summed E-state index contributed by atoms with van der Waals surface area (Å²) in [4.78, 5) is 22.8. The molecule has 0 radical (unpaired) electrons. The maximum absolute atomic E-state index is 12.4. The average Bonchev–Trinajstić information content (AvgIpc) is 3.13. The number of nitro benzene ring substituents is 1. The van der Waals surface area contributed by atoms with Gasteiger partial charge in [0.1, 0.15) is 17.1 Å². The normalized spacial score (nSPS) is 10.7. The first-order valence-electron chi connectivity index (χ1n) is 7.69. The van der Waals surface area contributed by atoms with Crippen LogP contribution in [0.1, 0.15) is 10.5 Å². The smallest absolute Gasteiger partial charge is 0.387 e. The van der Waals surface area contributed by atoms with E-state index in [1.807, 2.05) is 0 Å². The number of H-pyrrole nitrogens is 1. The predicted octanol–water partition coefficient (Wildman–Crippen LogP) is 4.49. The van der Waals surface area contributed by atoms with Gasteiger partial charge < -0.3 is 10.1 Å². The molecule has 1 aromatic heterocycles. The molecule has 11 heteroatoms. The van der Waals surface area contributed by atoms with Crippen LogP contribution in [0, 0.1) is 10.1 Å². The zero-order chi connectivity index (χ0) is 20.3. The fraction of sp³-hybridized carbons (Fsp3) is 0.0588. The van der Waals surface area contributed by atoms with Gasteiger partial charge in [0, 0.05) is 16.7 Å². The monoisotopic (exact) mass is 408 g/mol. The second-order valence-corrected chi connectivity index (χ2v) is 5.88. The first kappa shape index (κ1) is 19.2. The molecule has 3 aromatic rings. The first-order chi connectivity index (χ1) is 13.3. The Morgan fingerprint density at radius 1 is 1.21 bits per heavy atom. The molecule has 144 valence electrons. The van der Waals surface area contributed by atoms with Crippen molar-refractivity contribution in [2.75, 3.05) is 5.32 Å². The van der Waals surface area contributed by atoms with E-state index in [0.717, 1.165) is 6.07 Å². The van der Waals surface area contributed by atoms with Gasteiger partial charge in [0.2, 0.25) is 0 Å². The molecule has 0 spiro atoms. The second-order valence-electron chi connectivity index (χ2n) is 5.44. The van der Waals surface area contributed by atoms with Crippen LogP contribution in [0.25, 0.3) is 11.3 Å². The van der Waals surface area contributed by atoms with Crippen molar-refractivity contribution in [1.82, 2.24) is 10.2 Å². The molecule has 3 rings (SSSR count). The Labute approximate surface area is 161 Å². The third kappa shape index (κ3) is 4.41. The Balaban J connectivity index is 1.77. The Hall–Kier alpha value is -3.53. The molecule has 0 aliphatic heterocycles. The summed E-state index contributed by atoms with van der Waals surface area (Å²) in [6.07, 6.45) is 0. The molecule has 0 unspecified atom stereocenters. The van der Waals surface area contributed by atoms with Crippen molar-refractivity contribution in [3.63, 3.8) is 0 Å². The number of anilines is 1. The zero-order valence-electron chi connectivity index (χ0n) is 13.9. The summed E-state index contributed by atoms with van der Waals surface area (Å²) in [5.74, 6) is -0.663. The number of hydrogen-bond donors (Lipinski definition) is 2. The number of nitrogens with zero attached hydrogens (tertiary/aromatic N) is 2. The summed E-state index contributed by atoms with van der Waals surface area (Å²) >= 11 is 5.74. The minimum Gasteiger partial charge on any atom is -0.435 e. The summed E-state index contributed by atoms with van der Waals surface area (Å²) in [7, 11) is 0. The van der Waals surface area contributed by atoms with Crippen molar-refractivity contribution in [2.24, 2.45) is 0 Å². The first-order valence-corrected chi connectivity index (χ1v) is 8.07. The number of ether oxygens (including phenoxy) is 1. The molecule has 0 saturated heterocycles. The highest BCUT2D eigenvalue weighted by Crippen LogP contribution is 2.28. The van der Waals surface area contributed by atoms with Crippen LogP contribution < -0.4 is 10.1 Å². The van der Waals surface area contributed by atoms with E-state index in [2.05, 4.69) is 20.3 Å². The van der Waals surface area contributed by atoms with Gasteiger partial charge in [-0.25, -0.2) is 0 Å². The summed E-state index contributed by atoms with van der Waals surface area (Å²) in [5.41, 5.74) is 0.597. The molecule has 1 heterocycles. The van der Waals surface area contributed by atoms with Gasteiger partial charge in [-0.2, -0.15) is 13.9 Å². The summed E-state index contributed by atoms with van der Waals surface area (Å²) in [5, 5.41) is 20.2. The van der Waals surface area contributed by atoms with Crippen molar-refractivity contribution in [3.8, 4) is 17.0 Å². The van der Waals surface area contributed by atoms with Crippen LogP contribution in [-0.4, -0.2) is 27.6 Å². The van der Waals surface area contributed by atoms with Crippen molar-refractivity contribution in [3.05, 3.63) is 69.4 Å². The molecule has 8 nitrogen and oxygen atoms in total. The van der Waals surface area contributed by atoms with Gasteiger partial charge in [-0.3, -0.25) is 20.0 Å². The quantitative estimate of drug-likeness (QED) is 0.461. The van der Waals surface area contributed by atoms with Crippen LogP contribution in [0.3, 0.4) is 0 Å². The van der Waals surface area contributed by atoms with Crippen LogP contribution >= 0.6 is 11.6 Å². The Morgan fingerprint density at radius 2 is 1.93 bits per heavy atom. The topological polar surface area (TPSA) is 110 Å². The van der Waals surface area contributed by atoms with E-state index in [9.17, 15) is 23.7 Å². The van der Waals surface area contributed by atoms with Crippen molar-refractivity contribution in [2.45, 2.75) is 6.61 Å². The standard InChI is InChI=1S/C17H11ClF2N4O4/c18-10-3-6-12(15(7-10)24(26)27)21-16(25)14-8-13(22-23-14)9-1-4-11(5-2-9)28-17(19)20/h1-8,17H,(H,21,25)(H,22,23). The lowest BCUT2D eigenvalue weighted by Gasteiger charge is -2.05. The van der Waals surface area contributed by atoms with Crippen molar-refractivity contribution in [1.29, 1.82) is 0 Å². The van der Waals surface area contributed by atoms with E-state index in [0.29, 0.717) is 11.3 Å². The van der Waals surface area contributed by atoms with Gasteiger partial charge in [-0.15, -0.1) is 0 Å². The lowest BCUT2D eigenvalue weighted by molar-refractivity contribution is -0.383. The molecular weight excluding hydrogens is 398 g/mol. The largest absolute Gasteiger partial charge is 0.435 e. The highest BCUT2D eigenvalue weighted by Gasteiger charge is 2.19. The van der Waals surface area contributed by atoms with Gasteiger partial charge in [0.05, 0.1) is 10.6 Å². The van der Waals surface area contributed by atoms with Gasteiger partial charge >= 0.3 is 6.61 Å². The number of carbonyl (C=O) groups excluding carboxylic acids is 1. The molecule has 0 atom stereocenters. The van der Waals surface area contributed by atoms with Crippen molar-refractivity contribution >= 4 is 28.9 Å². The molecular formula is C17H11ClF2N4O4. The number of halogens is 3. The van der Waals surface area contributed by atoms with Crippen LogP contribution in [0.15, 0.2) is 48.5 Å². The minimum atomic E-state index is -2.93. The summed E-state index contributed by atoms with van der Waals surface area (Å²) in [6.45, 7) is -2.93. The fourth-order valence-electron chi connectivity index (χ4n) is 2.34. The third-order valence-electron chi connectivity index (χ3n) is 3.60. The lowest BCUT2D eigenvalue weighted by atomic mass is 10.1. The second kappa shape index (κ2) is 8.01. The summed E-state index contributed by atoms with van der Waals surface area (Å²) < 4.78 is 28.6. The predicted molar refractivity (Wildman–Crippen MR) is 96.7 cm³/mol. The maximum Gasteiger partial charge on any atom is 0.387 e. The molecule has 0 aliphatic carbocycles. The number of carbonyl (C=O) groups is 1. The number of aromatic nitrogens is 2. The number of alkyl halides is 2. The van der Waals surface area contributed by atoms with E-state index < -0.39 is 17.4 Å². The molecule has 0 bridgehead atoms. The third-order valence-corrected chi connectivity index (χ3v) is 3.84. The summed E-state index contributed by atoms with van der Waals surface area (Å²) in [6, 6.07) is 10.9. The number of nitro groups is 1. The van der Waals surface area contributed by atoms with Gasteiger partial charge in [0.15, 0.2) is 0 Å². The van der Waals surface area contributed by atoms with E-state index in [1.54, 1.807) is 0 Å². The fourth-order valence-corrected chi connectivity index (χ4v) is 2.51. The van der Waals surface area contributed by atoms with Crippen LogP contribution in [0.5, 0.6) is 5.75 Å². The molecule has 0 aliphatic rings. The highest BCUT2D eigenvalue weighted by molar-refractivity contribution is 6.31. The molecule has 0 fully saturated rings. The lowest BCUT2D eigenvalue weighted by Crippen LogP contribution is -2.13. The van der Waals surface area contributed by atoms with E-state index in [1.165, 1.54) is 42.5 Å². The number of aromatic amines is 1. The minimum absolute atomic E-state index is 0.0118. The van der Waals surface area contributed by atoms with Gasteiger partial charge in [-0.1, -0.05) is 11.6 Å². The molecule has 0 saturated carbocycles. The van der Waals surface area contributed by atoms with Crippen molar-refractivity contribution < 1.29 is 23.2 Å². The van der Waals surface area contributed by atoms with E-state index in [4.69, 9.17) is 11.6 Å². The Bertz CT molecular complexity index is 1020. The zero-order valence-corrected chi connectivity index (χ0v) is 14.6. The van der Waals surface area contributed by atoms with E-state index in [-0.39, 0.29) is 27.8 Å². The number of benzene rings is 2. The Kier molecular flexibility index (Phi) is 5.50. The van der Waals surface area contributed by atoms with Crippen LogP contribution in [-0.2, 0) is 0 Å².